The average molecular weight is 497 g/mol. The molecule has 0 spiro atoms. The first-order chi connectivity index (χ1) is 16.8. The van der Waals surface area contributed by atoms with Gasteiger partial charge in [0.2, 0.25) is 0 Å². The molecular formula is C26H29FN4O3S. The maximum absolute atomic E-state index is 13.4. The molecule has 0 radical (unpaired) electrons. The first-order valence-corrected chi connectivity index (χ1v) is 12.4. The van der Waals surface area contributed by atoms with Crippen LogP contribution >= 0.6 is 11.8 Å². The second-order valence-corrected chi connectivity index (χ2v) is 9.95. The number of rotatable bonds is 7. The molecule has 2 fully saturated rings. The SMILES string of the molecule is CN(C)CCN1CCN(C(=O)c2ccc(/C=C3\SC(=O)N(Cc4cccc(F)c4)C3=O)cc2)CC1. The largest absolute Gasteiger partial charge is 0.336 e. The molecule has 0 aromatic heterocycles. The molecule has 0 atom stereocenters. The first-order valence-electron chi connectivity index (χ1n) is 11.6. The number of benzene rings is 2. The van der Waals surface area contributed by atoms with E-state index in [2.05, 4.69) is 23.9 Å². The highest BCUT2D eigenvalue weighted by Crippen LogP contribution is 2.33. The highest BCUT2D eigenvalue weighted by atomic mass is 32.2. The van der Waals surface area contributed by atoms with E-state index >= 15 is 0 Å². The Morgan fingerprint density at radius 2 is 1.77 bits per heavy atom. The Bertz CT molecular complexity index is 1130. The predicted octanol–water partition coefficient (Wildman–Crippen LogP) is 3.38. The van der Waals surface area contributed by atoms with Gasteiger partial charge in [-0.2, -0.15) is 0 Å². The molecule has 0 aliphatic carbocycles. The molecule has 7 nitrogen and oxygen atoms in total. The van der Waals surface area contributed by atoms with E-state index in [0.29, 0.717) is 29.1 Å². The molecule has 0 bridgehead atoms. The zero-order valence-corrected chi connectivity index (χ0v) is 20.8. The van der Waals surface area contributed by atoms with Crippen LogP contribution in [0.15, 0.2) is 53.4 Å². The molecule has 3 amide bonds. The van der Waals surface area contributed by atoms with Crippen molar-refractivity contribution < 1.29 is 18.8 Å². The molecule has 4 rings (SSSR count). The van der Waals surface area contributed by atoms with Crippen LogP contribution in [-0.2, 0) is 11.3 Å². The smallest absolute Gasteiger partial charge is 0.293 e. The Morgan fingerprint density at radius 1 is 1.06 bits per heavy atom. The number of carbonyl (C=O) groups is 3. The highest BCUT2D eigenvalue weighted by Gasteiger charge is 2.35. The van der Waals surface area contributed by atoms with Gasteiger partial charge in [-0.25, -0.2) is 4.39 Å². The highest BCUT2D eigenvalue weighted by molar-refractivity contribution is 8.18. The van der Waals surface area contributed by atoms with Crippen LogP contribution in [0.2, 0.25) is 0 Å². The van der Waals surface area contributed by atoms with Crippen molar-refractivity contribution in [2.45, 2.75) is 6.54 Å². The maximum Gasteiger partial charge on any atom is 0.293 e. The van der Waals surface area contributed by atoms with Gasteiger partial charge in [-0.1, -0.05) is 24.3 Å². The molecule has 2 aromatic carbocycles. The molecular weight excluding hydrogens is 467 g/mol. The van der Waals surface area contributed by atoms with Crippen LogP contribution in [0, 0.1) is 5.82 Å². The normalized spacial score (nSPS) is 18.2. The Labute approximate surface area is 209 Å². The van der Waals surface area contributed by atoms with Crippen molar-refractivity contribution in [2.75, 3.05) is 53.4 Å². The lowest BCUT2D eigenvalue weighted by molar-refractivity contribution is -0.123. The molecule has 2 aliphatic heterocycles. The molecule has 2 aliphatic rings. The van der Waals surface area contributed by atoms with E-state index in [1.807, 2.05) is 4.90 Å². The summed E-state index contributed by atoms with van der Waals surface area (Å²) in [7, 11) is 4.11. The van der Waals surface area contributed by atoms with E-state index < -0.39 is 11.7 Å². The Hall–Kier alpha value is -3.01. The molecule has 35 heavy (non-hydrogen) atoms. The van der Waals surface area contributed by atoms with E-state index in [4.69, 9.17) is 0 Å². The third-order valence-electron chi connectivity index (χ3n) is 6.08. The van der Waals surface area contributed by atoms with Crippen molar-refractivity contribution in [3.05, 3.63) is 75.9 Å². The quantitative estimate of drug-likeness (QED) is 0.548. The number of imide groups is 1. The van der Waals surface area contributed by atoms with Crippen LogP contribution in [0.1, 0.15) is 21.5 Å². The lowest BCUT2D eigenvalue weighted by Crippen LogP contribution is -2.49. The summed E-state index contributed by atoms with van der Waals surface area (Å²) in [6.07, 6.45) is 1.65. The van der Waals surface area contributed by atoms with Crippen LogP contribution in [-0.4, -0.2) is 90.0 Å². The molecule has 0 unspecified atom stereocenters. The van der Waals surface area contributed by atoms with Crippen molar-refractivity contribution in [1.29, 1.82) is 0 Å². The van der Waals surface area contributed by atoms with Crippen molar-refractivity contribution >= 4 is 34.9 Å². The average Bonchev–Trinajstić information content (AvgIpc) is 3.10. The number of hydrogen-bond acceptors (Lipinski definition) is 6. The van der Waals surface area contributed by atoms with Crippen LogP contribution in [0.4, 0.5) is 9.18 Å². The fourth-order valence-electron chi connectivity index (χ4n) is 4.03. The van der Waals surface area contributed by atoms with Gasteiger partial charge in [0.15, 0.2) is 0 Å². The van der Waals surface area contributed by atoms with Crippen LogP contribution in [0.3, 0.4) is 0 Å². The minimum atomic E-state index is -0.411. The summed E-state index contributed by atoms with van der Waals surface area (Å²) in [5, 5.41) is -0.387. The standard InChI is InChI=1S/C26H29FN4O3S/c1-28(2)10-11-29-12-14-30(15-13-29)24(32)21-8-6-19(7-9-21)17-23-25(33)31(26(34)35-23)18-20-4-3-5-22(27)16-20/h3-9,16-17H,10-15,18H2,1-2H3/b23-17-. The van der Waals surface area contributed by atoms with E-state index in [0.717, 1.165) is 48.4 Å². The van der Waals surface area contributed by atoms with Gasteiger partial charge < -0.3 is 9.80 Å². The minimum Gasteiger partial charge on any atom is -0.336 e. The Kier molecular flexibility index (Phi) is 8.00. The summed E-state index contributed by atoms with van der Waals surface area (Å²) in [6.45, 7) is 5.15. The fraction of sp³-hybridized carbons (Fsp3) is 0.346. The van der Waals surface area contributed by atoms with Gasteiger partial charge in [-0.05, 0) is 67.3 Å². The number of piperazine rings is 1. The van der Waals surface area contributed by atoms with Gasteiger partial charge >= 0.3 is 0 Å². The van der Waals surface area contributed by atoms with Gasteiger partial charge in [0.05, 0.1) is 11.4 Å². The lowest BCUT2D eigenvalue weighted by atomic mass is 10.1. The second kappa shape index (κ2) is 11.2. The van der Waals surface area contributed by atoms with Gasteiger partial charge in [0.25, 0.3) is 17.1 Å². The van der Waals surface area contributed by atoms with E-state index in [1.54, 1.807) is 42.5 Å². The summed E-state index contributed by atoms with van der Waals surface area (Å²) in [5.41, 5.74) is 1.88. The maximum atomic E-state index is 13.4. The molecule has 2 heterocycles. The van der Waals surface area contributed by atoms with Gasteiger partial charge in [-0.3, -0.25) is 24.2 Å². The van der Waals surface area contributed by atoms with Crippen LogP contribution < -0.4 is 0 Å². The van der Waals surface area contributed by atoms with Crippen LogP contribution in [0.25, 0.3) is 6.08 Å². The van der Waals surface area contributed by atoms with E-state index in [1.165, 1.54) is 12.1 Å². The van der Waals surface area contributed by atoms with Crippen molar-refractivity contribution in [1.82, 2.24) is 19.6 Å². The third-order valence-corrected chi connectivity index (χ3v) is 6.99. The lowest BCUT2D eigenvalue weighted by Gasteiger charge is -2.35. The predicted molar refractivity (Wildman–Crippen MR) is 135 cm³/mol. The Morgan fingerprint density at radius 3 is 2.43 bits per heavy atom. The summed E-state index contributed by atoms with van der Waals surface area (Å²) in [6, 6.07) is 12.9. The van der Waals surface area contributed by atoms with Crippen LogP contribution in [0.5, 0.6) is 0 Å². The fourth-order valence-corrected chi connectivity index (χ4v) is 4.86. The number of likely N-dealkylation sites (N-methyl/N-ethyl adjacent to an activating group) is 1. The Balaban J connectivity index is 1.35. The second-order valence-electron chi connectivity index (χ2n) is 8.96. The number of carbonyl (C=O) groups excluding carboxylic acids is 3. The summed E-state index contributed by atoms with van der Waals surface area (Å²) >= 11 is 0.861. The molecule has 0 saturated carbocycles. The summed E-state index contributed by atoms with van der Waals surface area (Å²) in [5.74, 6) is -0.818. The number of halogens is 1. The van der Waals surface area contributed by atoms with Crippen molar-refractivity contribution in [2.24, 2.45) is 0 Å². The van der Waals surface area contributed by atoms with Crippen molar-refractivity contribution in [3.8, 4) is 0 Å². The van der Waals surface area contributed by atoms with E-state index in [9.17, 15) is 18.8 Å². The number of hydrogen-bond donors (Lipinski definition) is 0. The third kappa shape index (κ3) is 6.36. The minimum absolute atomic E-state index is 0.000716. The zero-order chi connectivity index (χ0) is 24.9. The molecule has 184 valence electrons. The zero-order valence-electron chi connectivity index (χ0n) is 19.9. The summed E-state index contributed by atoms with van der Waals surface area (Å²) in [4.78, 5) is 45.9. The van der Waals surface area contributed by atoms with Gasteiger partial charge in [0.1, 0.15) is 5.82 Å². The topological polar surface area (TPSA) is 64.2 Å². The number of nitrogens with zero attached hydrogens (tertiary/aromatic N) is 4. The first kappa shape index (κ1) is 25.1. The molecule has 9 heteroatoms. The number of thioether (sulfide) groups is 1. The number of amides is 3. The summed E-state index contributed by atoms with van der Waals surface area (Å²) < 4.78 is 13.4. The van der Waals surface area contributed by atoms with E-state index in [-0.39, 0.29) is 17.7 Å². The van der Waals surface area contributed by atoms with Gasteiger partial charge in [0, 0.05) is 44.8 Å². The monoisotopic (exact) mass is 496 g/mol. The molecule has 2 saturated heterocycles. The van der Waals surface area contributed by atoms with Gasteiger partial charge in [-0.15, -0.1) is 0 Å². The van der Waals surface area contributed by atoms with Crippen molar-refractivity contribution in [3.63, 3.8) is 0 Å². The molecule has 0 N–H and O–H groups in total. The molecule has 2 aromatic rings.